The van der Waals surface area contributed by atoms with Gasteiger partial charge in [-0.25, -0.2) is 8.42 Å². The maximum Gasteiger partial charge on any atom is 0.271 e. The summed E-state index contributed by atoms with van der Waals surface area (Å²) < 4.78 is 25.8. The van der Waals surface area contributed by atoms with Crippen molar-refractivity contribution in [2.45, 2.75) is 32.9 Å². The molecule has 0 aliphatic rings. The van der Waals surface area contributed by atoms with Crippen LogP contribution in [0.2, 0.25) is 0 Å². The molecule has 11 heteroatoms. The molecule has 0 aliphatic carbocycles. The Labute approximate surface area is 193 Å². The standard InChI is InChI=1S/C22H28N4O6S/c1-5-20(22(28)23-3)24(14-17-11-9-16(2)10-12-17)21(27)15-25(33(4,31)32)18-7-6-8-19(13-18)26(29)30/h6-13,20H,5,14-15H2,1-4H3,(H,23,28). The Hall–Kier alpha value is -3.47. The van der Waals surface area contributed by atoms with E-state index in [1.165, 1.54) is 30.1 Å². The van der Waals surface area contributed by atoms with E-state index in [-0.39, 0.29) is 23.8 Å². The molecule has 0 fully saturated rings. The van der Waals surface area contributed by atoms with E-state index >= 15 is 0 Å². The first-order chi connectivity index (χ1) is 15.5. The van der Waals surface area contributed by atoms with Gasteiger partial charge in [-0.15, -0.1) is 0 Å². The molecule has 1 atom stereocenters. The molecule has 0 saturated heterocycles. The Morgan fingerprint density at radius 1 is 1.15 bits per heavy atom. The van der Waals surface area contributed by atoms with Crippen LogP contribution < -0.4 is 9.62 Å². The average Bonchev–Trinajstić information content (AvgIpc) is 2.77. The molecule has 0 bridgehead atoms. The summed E-state index contributed by atoms with van der Waals surface area (Å²) in [4.78, 5) is 37.7. The van der Waals surface area contributed by atoms with Crippen molar-refractivity contribution in [3.8, 4) is 0 Å². The topological polar surface area (TPSA) is 130 Å². The molecule has 2 aromatic carbocycles. The van der Waals surface area contributed by atoms with Crippen molar-refractivity contribution < 1.29 is 22.9 Å². The van der Waals surface area contributed by atoms with Crippen LogP contribution in [0.5, 0.6) is 0 Å². The highest BCUT2D eigenvalue weighted by atomic mass is 32.2. The van der Waals surface area contributed by atoms with Crippen LogP contribution in [0.4, 0.5) is 11.4 Å². The molecule has 0 aliphatic heterocycles. The van der Waals surface area contributed by atoms with E-state index in [4.69, 9.17) is 0 Å². The van der Waals surface area contributed by atoms with Gasteiger partial charge in [-0.05, 0) is 25.0 Å². The Kier molecular flexibility index (Phi) is 8.52. The second-order valence-corrected chi connectivity index (χ2v) is 9.50. The number of nitrogens with zero attached hydrogens (tertiary/aromatic N) is 3. The van der Waals surface area contributed by atoms with Crippen LogP contribution in [-0.4, -0.2) is 55.9 Å². The van der Waals surface area contributed by atoms with Crippen LogP contribution in [0.3, 0.4) is 0 Å². The predicted molar refractivity (Wildman–Crippen MR) is 125 cm³/mol. The number of benzene rings is 2. The first kappa shape index (κ1) is 25.8. The number of nitro groups is 1. The van der Waals surface area contributed by atoms with Crippen molar-refractivity contribution in [3.63, 3.8) is 0 Å². The third-order valence-corrected chi connectivity index (χ3v) is 6.25. The Morgan fingerprint density at radius 2 is 1.79 bits per heavy atom. The summed E-state index contributed by atoms with van der Waals surface area (Å²) in [7, 11) is -2.50. The number of carbonyl (C=O) groups is 2. The van der Waals surface area contributed by atoms with Crippen molar-refractivity contribution in [1.29, 1.82) is 0 Å². The highest BCUT2D eigenvalue weighted by Gasteiger charge is 2.31. The molecule has 10 nitrogen and oxygen atoms in total. The van der Waals surface area contributed by atoms with Gasteiger partial charge >= 0.3 is 0 Å². The van der Waals surface area contributed by atoms with Crippen molar-refractivity contribution in [3.05, 3.63) is 69.8 Å². The zero-order valence-electron chi connectivity index (χ0n) is 19.0. The molecule has 2 amide bonds. The van der Waals surface area contributed by atoms with Gasteiger partial charge in [0.1, 0.15) is 12.6 Å². The number of non-ortho nitro benzene ring substituents is 1. The van der Waals surface area contributed by atoms with Gasteiger partial charge in [0.25, 0.3) is 5.69 Å². The summed E-state index contributed by atoms with van der Waals surface area (Å²) in [6, 6.07) is 11.7. The normalized spacial score (nSPS) is 12.0. The summed E-state index contributed by atoms with van der Waals surface area (Å²) in [6.45, 7) is 3.16. The predicted octanol–water partition coefficient (Wildman–Crippen LogP) is 2.22. The molecule has 0 saturated carbocycles. The summed E-state index contributed by atoms with van der Waals surface area (Å²) in [5.74, 6) is -0.984. The molecular formula is C22H28N4O6S. The van der Waals surface area contributed by atoms with Crippen LogP contribution >= 0.6 is 0 Å². The van der Waals surface area contributed by atoms with E-state index in [1.54, 1.807) is 6.92 Å². The minimum Gasteiger partial charge on any atom is -0.357 e. The zero-order chi connectivity index (χ0) is 24.8. The maximum atomic E-state index is 13.4. The van der Waals surface area contributed by atoms with Gasteiger partial charge in [-0.3, -0.25) is 24.0 Å². The maximum absolute atomic E-state index is 13.4. The number of rotatable bonds is 10. The van der Waals surface area contributed by atoms with Gasteiger partial charge in [-0.1, -0.05) is 42.8 Å². The number of carbonyl (C=O) groups excluding carboxylic acids is 2. The lowest BCUT2D eigenvalue weighted by Gasteiger charge is -2.32. The Morgan fingerprint density at radius 3 is 2.30 bits per heavy atom. The fourth-order valence-corrected chi connectivity index (χ4v) is 4.19. The van der Waals surface area contributed by atoms with E-state index in [9.17, 15) is 28.1 Å². The summed E-state index contributed by atoms with van der Waals surface area (Å²) in [5, 5.41) is 13.7. The van der Waals surface area contributed by atoms with Crippen molar-refractivity contribution >= 4 is 33.2 Å². The highest BCUT2D eigenvalue weighted by molar-refractivity contribution is 7.92. The number of aryl methyl sites for hydroxylation is 1. The van der Waals surface area contributed by atoms with Gasteiger partial charge in [-0.2, -0.15) is 0 Å². The Bertz CT molecular complexity index is 1120. The molecule has 1 N–H and O–H groups in total. The molecule has 1 unspecified atom stereocenters. The van der Waals surface area contributed by atoms with Gasteiger partial charge in [0, 0.05) is 25.7 Å². The lowest BCUT2D eigenvalue weighted by Crippen LogP contribution is -2.51. The smallest absolute Gasteiger partial charge is 0.271 e. The highest BCUT2D eigenvalue weighted by Crippen LogP contribution is 2.24. The fraction of sp³-hybridized carbons (Fsp3) is 0.364. The second-order valence-electron chi connectivity index (χ2n) is 7.59. The van der Waals surface area contributed by atoms with E-state index in [1.807, 2.05) is 31.2 Å². The van der Waals surface area contributed by atoms with Crippen molar-refractivity contribution in [2.24, 2.45) is 0 Å². The molecular weight excluding hydrogens is 448 g/mol. The van der Waals surface area contributed by atoms with Gasteiger partial charge in [0.05, 0.1) is 16.9 Å². The first-order valence-electron chi connectivity index (χ1n) is 10.3. The molecule has 33 heavy (non-hydrogen) atoms. The molecule has 0 aromatic heterocycles. The molecule has 0 radical (unpaired) electrons. The average molecular weight is 477 g/mol. The summed E-state index contributed by atoms with van der Waals surface area (Å²) in [6.07, 6.45) is 1.23. The molecule has 0 spiro atoms. The monoisotopic (exact) mass is 476 g/mol. The van der Waals surface area contributed by atoms with E-state index < -0.39 is 33.4 Å². The number of nitrogens with one attached hydrogen (secondary N) is 1. The lowest BCUT2D eigenvalue weighted by atomic mass is 10.1. The minimum absolute atomic E-state index is 0.0108. The van der Waals surface area contributed by atoms with E-state index in [0.717, 1.165) is 27.8 Å². The number of hydrogen-bond donors (Lipinski definition) is 1. The number of anilines is 1. The fourth-order valence-electron chi connectivity index (χ4n) is 3.35. The van der Waals surface area contributed by atoms with E-state index in [2.05, 4.69) is 5.32 Å². The number of amides is 2. The molecule has 0 heterocycles. The third-order valence-electron chi connectivity index (χ3n) is 5.11. The Balaban J connectivity index is 2.45. The number of sulfonamides is 1. The largest absolute Gasteiger partial charge is 0.357 e. The quantitative estimate of drug-likeness (QED) is 0.413. The summed E-state index contributed by atoms with van der Waals surface area (Å²) >= 11 is 0. The SMILES string of the molecule is CCC(C(=O)NC)N(Cc1ccc(C)cc1)C(=O)CN(c1cccc([N+](=O)[O-])c1)S(C)(=O)=O. The summed E-state index contributed by atoms with van der Waals surface area (Å²) in [5.41, 5.74) is 1.49. The van der Waals surface area contributed by atoms with Crippen LogP contribution in [-0.2, 0) is 26.2 Å². The van der Waals surface area contributed by atoms with Crippen LogP contribution in [0.25, 0.3) is 0 Å². The zero-order valence-corrected chi connectivity index (χ0v) is 19.8. The van der Waals surface area contributed by atoms with Crippen LogP contribution in [0.15, 0.2) is 48.5 Å². The first-order valence-corrected chi connectivity index (χ1v) is 12.1. The molecule has 2 rings (SSSR count). The number of nitro benzene ring substituents is 1. The van der Waals surface area contributed by atoms with Gasteiger partial charge in [0.2, 0.25) is 21.8 Å². The number of likely N-dealkylation sites (N-methyl/N-ethyl adjacent to an activating group) is 1. The van der Waals surface area contributed by atoms with Crippen LogP contribution in [0.1, 0.15) is 24.5 Å². The number of hydrogen-bond acceptors (Lipinski definition) is 6. The minimum atomic E-state index is -3.96. The molecule has 178 valence electrons. The third kappa shape index (κ3) is 6.75. The van der Waals surface area contributed by atoms with Gasteiger partial charge < -0.3 is 10.2 Å². The van der Waals surface area contributed by atoms with Crippen LogP contribution in [0, 0.1) is 17.0 Å². The van der Waals surface area contributed by atoms with E-state index in [0.29, 0.717) is 6.42 Å². The van der Waals surface area contributed by atoms with Crippen molar-refractivity contribution in [1.82, 2.24) is 10.2 Å². The van der Waals surface area contributed by atoms with Crippen molar-refractivity contribution in [2.75, 3.05) is 24.2 Å². The second kappa shape index (κ2) is 10.9. The lowest BCUT2D eigenvalue weighted by molar-refractivity contribution is -0.384. The molecule has 2 aromatic rings. The van der Waals surface area contributed by atoms with Gasteiger partial charge in [0.15, 0.2) is 0 Å².